The Bertz CT molecular complexity index is 481. The molecule has 7 heteroatoms. The molecule has 0 atom stereocenters. The van der Waals surface area contributed by atoms with Crippen molar-refractivity contribution in [3.8, 4) is 0 Å². The molecule has 0 aliphatic carbocycles. The maximum absolute atomic E-state index is 11.5. The summed E-state index contributed by atoms with van der Waals surface area (Å²) in [5, 5.41) is 6.08. The highest BCUT2D eigenvalue weighted by molar-refractivity contribution is 5.93. The minimum absolute atomic E-state index is 0.0661. The molecule has 1 rings (SSSR count). The Morgan fingerprint density at radius 3 is 2.76 bits per heavy atom. The summed E-state index contributed by atoms with van der Waals surface area (Å²) in [4.78, 5) is 33.5. The number of rotatable bonds is 4. The van der Waals surface area contributed by atoms with Crippen molar-refractivity contribution in [3.63, 3.8) is 0 Å². The van der Waals surface area contributed by atoms with Crippen molar-refractivity contribution in [1.82, 2.24) is 15.1 Å². The maximum atomic E-state index is 11.5. The van der Waals surface area contributed by atoms with Gasteiger partial charge in [-0.1, -0.05) is 0 Å². The molecular formula is C10H13N3O4. The second-order valence-corrected chi connectivity index (χ2v) is 3.17. The molecule has 17 heavy (non-hydrogen) atoms. The van der Waals surface area contributed by atoms with Gasteiger partial charge >= 0.3 is 5.97 Å². The van der Waals surface area contributed by atoms with Gasteiger partial charge in [0.1, 0.15) is 12.2 Å². The van der Waals surface area contributed by atoms with Crippen LogP contribution in [-0.4, -0.2) is 34.8 Å². The number of esters is 1. The van der Waals surface area contributed by atoms with Crippen molar-refractivity contribution in [3.05, 3.63) is 28.2 Å². The zero-order valence-corrected chi connectivity index (χ0v) is 9.60. The van der Waals surface area contributed by atoms with Crippen LogP contribution in [0.1, 0.15) is 17.4 Å². The number of nitrogens with one attached hydrogen (secondary N) is 1. The van der Waals surface area contributed by atoms with E-state index >= 15 is 0 Å². The Morgan fingerprint density at radius 1 is 1.47 bits per heavy atom. The van der Waals surface area contributed by atoms with E-state index in [-0.39, 0.29) is 24.4 Å². The van der Waals surface area contributed by atoms with Gasteiger partial charge in [0, 0.05) is 13.1 Å². The van der Waals surface area contributed by atoms with Crippen LogP contribution in [0.4, 0.5) is 0 Å². The molecule has 0 aromatic carbocycles. The van der Waals surface area contributed by atoms with Crippen LogP contribution in [0.15, 0.2) is 16.9 Å². The fourth-order valence-electron chi connectivity index (χ4n) is 1.08. The standard InChI is InChI=1S/C10H13N3O4/c1-3-17-9(15)6-11-10(16)7-4-5-8(14)13(2)12-7/h4-5H,3,6H2,1-2H3,(H,11,16). The third-order valence-electron chi connectivity index (χ3n) is 1.89. The fraction of sp³-hybridized carbons (Fsp3) is 0.400. The first kappa shape index (κ1) is 12.9. The fourth-order valence-corrected chi connectivity index (χ4v) is 1.08. The molecule has 0 aliphatic rings. The predicted octanol–water partition coefficient (Wildman–Crippen LogP) is -0.927. The highest BCUT2D eigenvalue weighted by Gasteiger charge is 2.10. The summed E-state index contributed by atoms with van der Waals surface area (Å²) in [5.41, 5.74) is -0.247. The van der Waals surface area contributed by atoms with E-state index in [1.807, 2.05) is 0 Å². The van der Waals surface area contributed by atoms with Crippen molar-refractivity contribution in [1.29, 1.82) is 0 Å². The summed E-state index contributed by atoms with van der Waals surface area (Å²) in [7, 11) is 1.43. The number of carbonyl (C=O) groups excluding carboxylic acids is 2. The molecule has 92 valence electrons. The van der Waals surface area contributed by atoms with Crippen LogP contribution in [0.25, 0.3) is 0 Å². The van der Waals surface area contributed by atoms with Crippen LogP contribution in [0.3, 0.4) is 0 Å². The summed E-state index contributed by atoms with van der Waals surface area (Å²) < 4.78 is 5.68. The largest absolute Gasteiger partial charge is 0.465 e. The van der Waals surface area contributed by atoms with Gasteiger partial charge in [0.05, 0.1) is 6.61 Å². The molecule has 1 aromatic heterocycles. The van der Waals surface area contributed by atoms with Gasteiger partial charge in [0.15, 0.2) is 0 Å². The molecule has 1 amide bonds. The molecule has 7 nitrogen and oxygen atoms in total. The summed E-state index contributed by atoms with van der Waals surface area (Å²) >= 11 is 0. The van der Waals surface area contributed by atoms with Gasteiger partial charge in [0.2, 0.25) is 0 Å². The van der Waals surface area contributed by atoms with E-state index in [1.54, 1.807) is 6.92 Å². The van der Waals surface area contributed by atoms with Gasteiger partial charge in [0.25, 0.3) is 11.5 Å². The first-order chi connectivity index (χ1) is 8.04. The molecule has 0 spiro atoms. The van der Waals surface area contributed by atoms with E-state index in [0.717, 1.165) is 4.68 Å². The normalized spacial score (nSPS) is 9.76. The Morgan fingerprint density at radius 2 is 2.18 bits per heavy atom. The Hall–Kier alpha value is -2.18. The van der Waals surface area contributed by atoms with Crippen LogP contribution >= 0.6 is 0 Å². The van der Waals surface area contributed by atoms with Crippen molar-refractivity contribution >= 4 is 11.9 Å². The van der Waals surface area contributed by atoms with Crippen LogP contribution in [0.2, 0.25) is 0 Å². The lowest BCUT2D eigenvalue weighted by Crippen LogP contribution is -2.32. The number of ether oxygens (including phenoxy) is 1. The number of carbonyl (C=O) groups is 2. The van der Waals surface area contributed by atoms with E-state index < -0.39 is 11.9 Å². The summed E-state index contributed by atoms with van der Waals surface area (Å²) in [5.74, 6) is -1.06. The van der Waals surface area contributed by atoms with Crippen LogP contribution < -0.4 is 10.9 Å². The average Bonchev–Trinajstić information content (AvgIpc) is 2.30. The number of amides is 1. The first-order valence-corrected chi connectivity index (χ1v) is 5.02. The van der Waals surface area contributed by atoms with Gasteiger partial charge in [-0.25, -0.2) is 4.68 Å². The van der Waals surface area contributed by atoms with Gasteiger partial charge in [-0.3, -0.25) is 14.4 Å². The minimum Gasteiger partial charge on any atom is -0.465 e. The van der Waals surface area contributed by atoms with Gasteiger partial charge in [-0.05, 0) is 13.0 Å². The molecule has 0 aliphatic heterocycles. The van der Waals surface area contributed by atoms with E-state index in [4.69, 9.17) is 0 Å². The number of aryl methyl sites for hydroxylation is 1. The number of nitrogens with zero attached hydrogens (tertiary/aromatic N) is 2. The number of hydrogen-bond donors (Lipinski definition) is 1. The lowest BCUT2D eigenvalue weighted by Gasteiger charge is -2.04. The summed E-state index contributed by atoms with van der Waals surface area (Å²) in [6, 6.07) is 2.52. The second-order valence-electron chi connectivity index (χ2n) is 3.17. The molecule has 0 unspecified atom stereocenters. The average molecular weight is 239 g/mol. The monoisotopic (exact) mass is 239 g/mol. The third kappa shape index (κ3) is 3.71. The Balaban J connectivity index is 2.61. The van der Waals surface area contributed by atoms with Gasteiger partial charge < -0.3 is 10.1 Å². The van der Waals surface area contributed by atoms with Crippen molar-refractivity contribution in [2.45, 2.75) is 6.92 Å². The molecule has 0 radical (unpaired) electrons. The second kappa shape index (κ2) is 5.78. The Kier molecular flexibility index (Phi) is 4.38. The highest BCUT2D eigenvalue weighted by Crippen LogP contribution is 1.89. The van der Waals surface area contributed by atoms with Crippen molar-refractivity contribution in [2.24, 2.45) is 7.05 Å². The molecule has 0 saturated heterocycles. The predicted molar refractivity (Wildman–Crippen MR) is 58.4 cm³/mol. The van der Waals surface area contributed by atoms with E-state index in [1.165, 1.54) is 19.2 Å². The van der Waals surface area contributed by atoms with E-state index in [9.17, 15) is 14.4 Å². The highest BCUT2D eigenvalue weighted by atomic mass is 16.5. The van der Waals surface area contributed by atoms with E-state index in [0.29, 0.717) is 0 Å². The smallest absolute Gasteiger partial charge is 0.325 e. The van der Waals surface area contributed by atoms with Crippen LogP contribution in [0, 0.1) is 0 Å². The van der Waals surface area contributed by atoms with Gasteiger partial charge in [-0.15, -0.1) is 0 Å². The molecule has 1 N–H and O–H groups in total. The van der Waals surface area contributed by atoms with Crippen LogP contribution in [-0.2, 0) is 16.6 Å². The summed E-state index contributed by atoms with van der Waals surface area (Å²) in [6.45, 7) is 1.71. The Labute approximate surface area is 97.4 Å². The molecule has 1 aromatic rings. The zero-order valence-electron chi connectivity index (χ0n) is 9.60. The number of hydrogen-bond acceptors (Lipinski definition) is 5. The molecular weight excluding hydrogens is 226 g/mol. The minimum atomic E-state index is -0.534. The quantitative estimate of drug-likeness (QED) is 0.686. The lowest BCUT2D eigenvalue weighted by molar-refractivity contribution is -0.141. The van der Waals surface area contributed by atoms with Crippen molar-refractivity contribution < 1.29 is 14.3 Å². The van der Waals surface area contributed by atoms with Gasteiger partial charge in [-0.2, -0.15) is 5.10 Å². The van der Waals surface area contributed by atoms with E-state index in [2.05, 4.69) is 15.2 Å². The third-order valence-corrected chi connectivity index (χ3v) is 1.89. The lowest BCUT2D eigenvalue weighted by atomic mass is 10.3. The van der Waals surface area contributed by atoms with Crippen LogP contribution in [0.5, 0.6) is 0 Å². The first-order valence-electron chi connectivity index (χ1n) is 5.02. The zero-order chi connectivity index (χ0) is 12.8. The molecule has 0 bridgehead atoms. The molecule has 1 heterocycles. The topological polar surface area (TPSA) is 90.3 Å². The maximum Gasteiger partial charge on any atom is 0.325 e. The SMILES string of the molecule is CCOC(=O)CNC(=O)c1ccc(=O)n(C)n1. The molecule has 0 fully saturated rings. The summed E-state index contributed by atoms with van der Waals surface area (Å²) in [6.07, 6.45) is 0. The number of aromatic nitrogens is 2. The molecule has 0 saturated carbocycles. The van der Waals surface area contributed by atoms with Crippen molar-refractivity contribution in [2.75, 3.05) is 13.2 Å².